The van der Waals surface area contributed by atoms with Gasteiger partial charge in [0.05, 0.1) is 24.8 Å². The fourth-order valence-electron chi connectivity index (χ4n) is 2.95. The Bertz CT molecular complexity index is 1280. The number of carbonyl (C=O) groups excluding carboxylic acids is 1. The first-order valence-electron chi connectivity index (χ1n) is 9.88. The van der Waals surface area contributed by atoms with E-state index in [-0.39, 0.29) is 22.9 Å². The number of benzene rings is 3. The summed E-state index contributed by atoms with van der Waals surface area (Å²) in [6.45, 7) is -0.519. The maximum atomic E-state index is 13.3. The first-order valence-corrected chi connectivity index (χ1v) is 12.5. The van der Waals surface area contributed by atoms with Gasteiger partial charge in [-0.05, 0) is 54.1 Å². The zero-order chi connectivity index (χ0) is 24.7. The van der Waals surface area contributed by atoms with E-state index in [1.807, 2.05) is 0 Å². The average molecular weight is 567 g/mol. The predicted molar refractivity (Wildman–Crippen MR) is 134 cm³/mol. The molecule has 11 heteroatoms. The summed E-state index contributed by atoms with van der Waals surface area (Å²) in [7, 11) is -2.60. The molecule has 0 fully saturated rings. The van der Waals surface area contributed by atoms with Gasteiger partial charge in [0.15, 0.2) is 11.5 Å². The fraction of sp³-hybridized carbons (Fsp3) is 0.130. The highest BCUT2D eigenvalue weighted by molar-refractivity contribution is 9.10. The van der Waals surface area contributed by atoms with Gasteiger partial charge in [0.25, 0.3) is 5.91 Å². The van der Waals surface area contributed by atoms with Crippen LogP contribution in [0.2, 0.25) is 5.02 Å². The number of halogens is 2. The van der Waals surface area contributed by atoms with E-state index in [4.69, 9.17) is 16.3 Å². The van der Waals surface area contributed by atoms with Crippen LogP contribution in [0, 0.1) is 0 Å². The smallest absolute Gasteiger partial charge is 0.255 e. The number of hydrazone groups is 1. The van der Waals surface area contributed by atoms with Crippen LogP contribution < -0.4 is 10.2 Å². The number of phenolic OH excluding ortho intramolecular Hbond substituents is 1. The molecule has 0 aliphatic rings. The Kier molecular flexibility index (Phi) is 8.67. The molecule has 0 unspecified atom stereocenters. The van der Waals surface area contributed by atoms with Gasteiger partial charge in [-0.2, -0.15) is 9.41 Å². The number of phenols is 1. The molecule has 0 saturated heterocycles. The predicted octanol–water partition coefficient (Wildman–Crippen LogP) is 4.16. The van der Waals surface area contributed by atoms with Crippen molar-refractivity contribution in [3.05, 3.63) is 87.4 Å². The molecule has 3 aromatic rings. The van der Waals surface area contributed by atoms with Crippen LogP contribution in [0.25, 0.3) is 0 Å². The van der Waals surface area contributed by atoms with Gasteiger partial charge in [0, 0.05) is 21.6 Å². The van der Waals surface area contributed by atoms with Gasteiger partial charge in [0.2, 0.25) is 10.0 Å². The second kappa shape index (κ2) is 11.5. The van der Waals surface area contributed by atoms with Crippen molar-refractivity contribution in [1.29, 1.82) is 0 Å². The van der Waals surface area contributed by atoms with E-state index < -0.39 is 22.5 Å². The van der Waals surface area contributed by atoms with E-state index in [0.717, 1.165) is 8.78 Å². The molecule has 0 heterocycles. The molecule has 34 heavy (non-hydrogen) atoms. The number of amides is 1. The molecule has 3 rings (SSSR count). The maximum Gasteiger partial charge on any atom is 0.255 e. The minimum atomic E-state index is -4.02. The van der Waals surface area contributed by atoms with Crippen LogP contribution >= 0.6 is 27.5 Å². The minimum Gasteiger partial charge on any atom is -0.504 e. The van der Waals surface area contributed by atoms with Crippen molar-refractivity contribution in [3.63, 3.8) is 0 Å². The number of carbonyl (C=O) groups is 1. The highest BCUT2D eigenvalue weighted by Gasteiger charge is 2.27. The van der Waals surface area contributed by atoms with E-state index in [2.05, 4.69) is 26.5 Å². The first kappa shape index (κ1) is 25.7. The summed E-state index contributed by atoms with van der Waals surface area (Å²) < 4.78 is 33.5. The second-order valence-corrected chi connectivity index (χ2v) is 10.3. The van der Waals surface area contributed by atoms with Crippen molar-refractivity contribution in [2.45, 2.75) is 11.4 Å². The molecule has 0 saturated carbocycles. The first-order chi connectivity index (χ1) is 16.2. The van der Waals surface area contributed by atoms with Crippen molar-refractivity contribution < 1.29 is 23.1 Å². The van der Waals surface area contributed by atoms with Crippen molar-refractivity contribution in [1.82, 2.24) is 9.73 Å². The summed E-state index contributed by atoms with van der Waals surface area (Å²) in [5.74, 6) is -0.538. The summed E-state index contributed by atoms with van der Waals surface area (Å²) in [6, 6.07) is 17.6. The average Bonchev–Trinajstić information content (AvgIpc) is 2.81. The molecule has 0 aliphatic carbocycles. The second-order valence-electron chi connectivity index (χ2n) is 7.04. The molecule has 8 nitrogen and oxygen atoms in total. The zero-order valence-electron chi connectivity index (χ0n) is 18.0. The van der Waals surface area contributed by atoms with E-state index in [9.17, 15) is 18.3 Å². The van der Waals surface area contributed by atoms with Crippen molar-refractivity contribution in [3.8, 4) is 11.5 Å². The molecule has 0 spiro atoms. The van der Waals surface area contributed by atoms with E-state index in [0.29, 0.717) is 16.1 Å². The highest BCUT2D eigenvalue weighted by atomic mass is 79.9. The maximum absolute atomic E-state index is 13.3. The Morgan fingerprint density at radius 3 is 2.47 bits per heavy atom. The Morgan fingerprint density at radius 1 is 1.15 bits per heavy atom. The van der Waals surface area contributed by atoms with E-state index in [1.165, 1.54) is 37.6 Å². The Labute approximate surface area is 211 Å². The number of ether oxygens (including phenoxy) is 1. The SMILES string of the molecule is COc1cccc(/C=N\NC(=O)CN(Cc2ccc(Br)cc2)S(=O)(=O)c2ccc(Cl)cc2)c1O. The fourth-order valence-corrected chi connectivity index (χ4v) is 4.73. The number of aromatic hydroxyl groups is 1. The lowest BCUT2D eigenvalue weighted by molar-refractivity contribution is -0.121. The molecular formula is C23H21BrClN3O5S. The van der Waals surface area contributed by atoms with Crippen LogP contribution in [0.15, 0.2) is 81.2 Å². The van der Waals surface area contributed by atoms with Crippen LogP contribution in [0.5, 0.6) is 11.5 Å². The standard InChI is InChI=1S/C23H21BrClN3O5S/c1-33-21-4-2-3-17(23(21)30)13-26-27-22(29)15-28(14-16-5-7-18(24)8-6-16)34(31,32)20-11-9-19(25)10-12-20/h2-13,30H,14-15H2,1H3,(H,27,29)/b26-13-. The number of hydrogen-bond donors (Lipinski definition) is 2. The summed E-state index contributed by atoms with van der Waals surface area (Å²) in [5, 5.41) is 14.3. The van der Waals surface area contributed by atoms with Crippen LogP contribution in [0.3, 0.4) is 0 Å². The Morgan fingerprint density at radius 2 is 1.82 bits per heavy atom. The molecule has 0 aromatic heterocycles. The summed E-state index contributed by atoms with van der Waals surface area (Å²) in [4.78, 5) is 12.6. The monoisotopic (exact) mass is 565 g/mol. The topological polar surface area (TPSA) is 108 Å². The van der Waals surface area contributed by atoms with Gasteiger partial charge < -0.3 is 9.84 Å². The number of hydrogen-bond acceptors (Lipinski definition) is 6. The summed E-state index contributed by atoms with van der Waals surface area (Å²) in [5.41, 5.74) is 3.31. The van der Waals surface area contributed by atoms with Crippen LogP contribution in [0.1, 0.15) is 11.1 Å². The molecular weight excluding hydrogens is 546 g/mol. The lowest BCUT2D eigenvalue weighted by Crippen LogP contribution is -2.39. The largest absolute Gasteiger partial charge is 0.504 e. The number of methoxy groups -OCH3 is 1. The molecule has 1 amide bonds. The van der Waals surface area contributed by atoms with Crippen LogP contribution in [-0.2, 0) is 21.4 Å². The number of nitrogens with one attached hydrogen (secondary N) is 1. The van der Waals surface area contributed by atoms with Crippen molar-refractivity contribution in [2.75, 3.05) is 13.7 Å². The molecule has 0 bridgehead atoms. The number of rotatable bonds is 9. The van der Waals surface area contributed by atoms with E-state index in [1.54, 1.807) is 42.5 Å². The molecule has 0 radical (unpaired) electrons. The molecule has 178 valence electrons. The van der Waals surface area contributed by atoms with Crippen LogP contribution in [-0.4, -0.2) is 43.6 Å². The van der Waals surface area contributed by atoms with Gasteiger partial charge in [-0.15, -0.1) is 0 Å². The number of para-hydroxylation sites is 1. The van der Waals surface area contributed by atoms with Gasteiger partial charge in [0.1, 0.15) is 0 Å². The van der Waals surface area contributed by atoms with Crippen LogP contribution in [0.4, 0.5) is 0 Å². The van der Waals surface area contributed by atoms with E-state index >= 15 is 0 Å². The van der Waals surface area contributed by atoms with Gasteiger partial charge in [-0.25, -0.2) is 13.8 Å². The lowest BCUT2D eigenvalue weighted by atomic mass is 10.2. The Balaban J connectivity index is 1.79. The van der Waals surface area contributed by atoms with Gasteiger partial charge in [-0.1, -0.05) is 45.7 Å². The minimum absolute atomic E-state index is 0.00613. The summed E-state index contributed by atoms with van der Waals surface area (Å²) in [6.07, 6.45) is 1.24. The highest BCUT2D eigenvalue weighted by Crippen LogP contribution is 2.28. The third-order valence-electron chi connectivity index (χ3n) is 4.69. The number of nitrogens with zero attached hydrogens (tertiary/aromatic N) is 2. The molecule has 3 aromatic carbocycles. The lowest BCUT2D eigenvalue weighted by Gasteiger charge is -2.21. The Hall–Kier alpha value is -2.92. The van der Waals surface area contributed by atoms with Crippen molar-refractivity contribution in [2.24, 2.45) is 5.10 Å². The number of sulfonamides is 1. The van der Waals surface area contributed by atoms with Crippen molar-refractivity contribution >= 4 is 49.7 Å². The quantitative estimate of drug-likeness (QED) is 0.299. The molecule has 0 atom stereocenters. The normalized spacial score (nSPS) is 11.6. The third kappa shape index (κ3) is 6.57. The third-order valence-corrected chi connectivity index (χ3v) is 7.27. The zero-order valence-corrected chi connectivity index (χ0v) is 21.1. The van der Waals surface area contributed by atoms with Gasteiger partial charge in [-0.3, -0.25) is 4.79 Å². The molecule has 2 N–H and O–H groups in total. The summed E-state index contributed by atoms with van der Waals surface area (Å²) >= 11 is 9.24. The van der Waals surface area contributed by atoms with Gasteiger partial charge >= 0.3 is 0 Å². The molecule has 0 aliphatic heterocycles.